The molecule has 66 valence electrons. The summed E-state index contributed by atoms with van der Waals surface area (Å²) in [6.07, 6.45) is 3.47. The summed E-state index contributed by atoms with van der Waals surface area (Å²) < 4.78 is 1.77. The summed E-state index contributed by atoms with van der Waals surface area (Å²) in [5.74, 6) is 0. The number of aliphatic hydroxyl groups is 1. The molecule has 1 aromatic rings. The summed E-state index contributed by atoms with van der Waals surface area (Å²) in [6, 6.07) is 0.649. The molecule has 1 heterocycles. The molecule has 1 aromatic heterocycles. The lowest BCUT2D eigenvalue weighted by Gasteiger charge is -2.32. The Hall–Kier alpha value is -0.940. The van der Waals surface area contributed by atoms with Crippen LogP contribution in [0.25, 0.3) is 0 Å². The predicted octanol–water partition coefficient (Wildman–Crippen LogP) is -0.567. The first-order valence-corrected chi connectivity index (χ1v) is 4.06. The molecule has 2 rings (SSSR count). The van der Waals surface area contributed by atoms with Gasteiger partial charge in [0.15, 0.2) is 0 Å². The molecule has 0 aromatic carbocycles. The van der Waals surface area contributed by atoms with Gasteiger partial charge in [-0.05, 0) is 12.8 Å². The van der Waals surface area contributed by atoms with Gasteiger partial charge < -0.3 is 10.8 Å². The lowest BCUT2D eigenvalue weighted by molar-refractivity contribution is 0.212. The van der Waals surface area contributed by atoms with Crippen molar-refractivity contribution in [3.63, 3.8) is 0 Å². The van der Waals surface area contributed by atoms with Crippen LogP contribution in [0, 0.1) is 0 Å². The molecule has 12 heavy (non-hydrogen) atoms. The van der Waals surface area contributed by atoms with E-state index in [2.05, 4.69) is 10.3 Å². The minimum absolute atomic E-state index is 0.00125. The highest BCUT2D eigenvalue weighted by molar-refractivity contribution is 4.97. The average Bonchev–Trinajstić information content (AvgIpc) is 2.45. The minimum atomic E-state index is -0.00125. The summed E-state index contributed by atoms with van der Waals surface area (Å²) in [6.45, 7) is -0.00125. The molecule has 3 N–H and O–H groups in total. The number of rotatable bonds is 2. The van der Waals surface area contributed by atoms with Crippen LogP contribution in [-0.2, 0) is 6.61 Å². The first-order valence-electron chi connectivity index (χ1n) is 4.06. The summed E-state index contributed by atoms with van der Waals surface area (Å²) in [4.78, 5) is 0. The van der Waals surface area contributed by atoms with E-state index in [0.717, 1.165) is 18.5 Å². The molecule has 0 radical (unpaired) electrons. The summed E-state index contributed by atoms with van der Waals surface area (Å²) in [5, 5.41) is 16.5. The molecule has 0 saturated heterocycles. The zero-order valence-electron chi connectivity index (χ0n) is 6.72. The van der Waals surface area contributed by atoms with E-state index in [4.69, 9.17) is 10.8 Å². The van der Waals surface area contributed by atoms with E-state index in [-0.39, 0.29) is 6.61 Å². The first-order chi connectivity index (χ1) is 5.81. The Morgan fingerprint density at radius 1 is 1.67 bits per heavy atom. The number of aromatic nitrogens is 3. The Labute approximate surface area is 70.2 Å². The smallest absolute Gasteiger partial charge is 0.0866 e. The van der Waals surface area contributed by atoms with E-state index >= 15 is 0 Å². The zero-order chi connectivity index (χ0) is 8.55. The molecular weight excluding hydrogens is 156 g/mol. The van der Waals surface area contributed by atoms with Crippen LogP contribution in [0.5, 0.6) is 0 Å². The van der Waals surface area contributed by atoms with Crippen molar-refractivity contribution >= 4 is 0 Å². The summed E-state index contributed by atoms with van der Waals surface area (Å²) in [5.41, 5.74) is 6.41. The summed E-state index contributed by atoms with van der Waals surface area (Å²) in [7, 11) is 0. The number of nitrogens with two attached hydrogens (primary N) is 1. The van der Waals surface area contributed by atoms with E-state index in [1.807, 2.05) is 0 Å². The number of hydrogen-bond donors (Lipinski definition) is 2. The Morgan fingerprint density at radius 3 is 3.00 bits per heavy atom. The van der Waals surface area contributed by atoms with Gasteiger partial charge in [0.05, 0.1) is 24.5 Å². The van der Waals surface area contributed by atoms with Gasteiger partial charge in [0.25, 0.3) is 0 Å². The van der Waals surface area contributed by atoms with Crippen LogP contribution >= 0.6 is 0 Å². The van der Waals surface area contributed by atoms with Gasteiger partial charge in [0.1, 0.15) is 0 Å². The lowest BCUT2D eigenvalue weighted by Crippen LogP contribution is -2.38. The second-order valence-electron chi connectivity index (χ2n) is 3.21. The van der Waals surface area contributed by atoms with E-state index in [0.29, 0.717) is 12.1 Å². The van der Waals surface area contributed by atoms with E-state index in [1.165, 1.54) is 0 Å². The maximum absolute atomic E-state index is 8.91. The van der Waals surface area contributed by atoms with E-state index < -0.39 is 0 Å². The monoisotopic (exact) mass is 168 g/mol. The second kappa shape index (κ2) is 2.84. The fourth-order valence-electron chi connectivity index (χ4n) is 1.52. The third-order valence-electron chi connectivity index (χ3n) is 2.31. The number of aliphatic hydroxyl groups excluding tert-OH is 1. The Morgan fingerprint density at radius 2 is 2.42 bits per heavy atom. The molecule has 1 saturated carbocycles. The van der Waals surface area contributed by atoms with Crippen LogP contribution in [-0.4, -0.2) is 26.1 Å². The highest BCUT2D eigenvalue weighted by Crippen LogP contribution is 2.30. The molecule has 0 atom stereocenters. The van der Waals surface area contributed by atoms with Gasteiger partial charge in [-0.1, -0.05) is 5.21 Å². The van der Waals surface area contributed by atoms with Crippen LogP contribution in [0.4, 0.5) is 0 Å². The maximum Gasteiger partial charge on any atom is 0.0866 e. The highest BCUT2D eigenvalue weighted by atomic mass is 16.3. The largest absolute Gasteiger partial charge is 0.390 e. The number of nitrogens with zero attached hydrogens (tertiary/aromatic N) is 3. The van der Waals surface area contributed by atoms with Crippen LogP contribution in [0.2, 0.25) is 0 Å². The molecule has 5 heteroatoms. The van der Waals surface area contributed by atoms with Gasteiger partial charge >= 0.3 is 0 Å². The molecule has 0 unspecified atom stereocenters. The fourth-order valence-corrected chi connectivity index (χ4v) is 1.52. The van der Waals surface area contributed by atoms with Crippen LogP contribution in [0.1, 0.15) is 24.6 Å². The fraction of sp³-hybridized carbons (Fsp3) is 0.714. The topological polar surface area (TPSA) is 77.0 Å². The highest BCUT2D eigenvalue weighted by Gasteiger charge is 2.29. The van der Waals surface area contributed by atoms with Gasteiger partial charge in [-0.15, -0.1) is 5.10 Å². The third-order valence-corrected chi connectivity index (χ3v) is 2.31. The normalized spacial score (nSPS) is 28.5. The van der Waals surface area contributed by atoms with Crippen molar-refractivity contribution in [2.24, 2.45) is 5.73 Å². The van der Waals surface area contributed by atoms with Crippen molar-refractivity contribution in [2.45, 2.75) is 31.5 Å². The maximum atomic E-state index is 8.91. The van der Waals surface area contributed by atoms with Crippen molar-refractivity contribution in [1.82, 2.24) is 15.0 Å². The van der Waals surface area contributed by atoms with Gasteiger partial charge in [-0.25, -0.2) is 4.68 Å². The lowest BCUT2D eigenvalue weighted by atomic mass is 9.88. The third kappa shape index (κ3) is 1.11. The molecule has 1 fully saturated rings. The Balaban J connectivity index is 2.12. The van der Waals surface area contributed by atoms with Crippen molar-refractivity contribution < 1.29 is 5.11 Å². The van der Waals surface area contributed by atoms with Gasteiger partial charge in [0.2, 0.25) is 0 Å². The average molecular weight is 168 g/mol. The van der Waals surface area contributed by atoms with E-state index in [9.17, 15) is 0 Å². The van der Waals surface area contributed by atoms with Gasteiger partial charge in [-0.3, -0.25) is 0 Å². The van der Waals surface area contributed by atoms with E-state index in [1.54, 1.807) is 10.9 Å². The SMILES string of the molecule is NC1CC(n2nncc2CO)C1. The Bertz CT molecular complexity index is 266. The molecule has 0 bridgehead atoms. The quantitative estimate of drug-likeness (QED) is 0.620. The molecule has 0 spiro atoms. The van der Waals surface area contributed by atoms with Crippen molar-refractivity contribution in [1.29, 1.82) is 0 Å². The van der Waals surface area contributed by atoms with Crippen molar-refractivity contribution in [3.8, 4) is 0 Å². The number of hydrogen-bond acceptors (Lipinski definition) is 4. The Kier molecular flexibility index (Phi) is 1.82. The standard InChI is InChI=1S/C7H12N4O/c8-5-1-6(2-5)11-7(4-12)3-9-10-11/h3,5-6,12H,1-2,4,8H2. The molecule has 0 amide bonds. The molecule has 0 aliphatic heterocycles. The van der Waals surface area contributed by atoms with Crippen molar-refractivity contribution in [2.75, 3.05) is 0 Å². The van der Waals surface area contributed by atoms with Crippen LogP contribution < -0.4 is 5.73 Å². The van der Waals surface area contributed by atoms with Crippen LogP contribution in [0.15, 0.2) is 6.20 Å². The van der Waals surface area contributed by atoms with Crippen LogP contribution in [0.3, 0.4) is 0 Å². The first kappa shape index (κ1) is 7.70. The predicted molar refractivity (Wildman–Crippen MR) is 42.2 cm³/mol. The molecular formula is C7H12N4O. The summed E-state index contributed by atoms with van der Waals surface area (Å²) >= 11 is 0. The van der Waals surface area contributed by atoms with Gasteiger partial charge in [0, 0.05) is 6.04 Å². The molecule has 1 aliphatic rings. The second-order valence-corrected chi connectivity index (χ2v) is 3.21. The van der Waals surface area contributed by atoms with Crippen molar-refractivity contribution in [3.05, 3.63) is 11.9 Å². The molecule has 1 aliphatic carbocycles. The van der Waals surface area contributed by atoms with Gasteiger partial charge in [-0.2, -0.15) is 0 Å². The minimum Gasteiger partial charge on any atom is -0.390 e. The molecule has 5 nitrogen and oxygen atoms in total. The zero-order valence-corrected chi connectivity index (χ0v) is 6.72.